The molecule has 0 aliphatic heterocycles. The minimum atomic E-state index is -1.01. The summed E-state index contributed by atoms with van der Waals surface area (Å²) in [6.07, 6.45) is -0.139. The second-order valence-corrected chi connectivity index (χ2v) is 4.95. The molecule has 2 rings (SSSR count). The lowest BCUT2D eigenvalue weighted by atomic mass is 10.1. The van der Waals surface area contributed by atoms with Crippen molar-refractivity contribution in [1.29, 1.82) is 0 Å². The fourth-order valence-corrected chi connectivity index (χ4v) is 1.97. The molecule has 2 nitrogen and oxygen atoms in total. The normalized spacial score (nSPS) is 10.4. The van der Waals surface area contributed by atoms with Gasteiger partial charge >= 0.3 is 0 Å². The molecule has 0 fully saturated rings. The molecule has 20 heavy (non-hydrogen) atoms. The third kappa shape index (κ3) is 3.60. The first-order valence-electron chi connectivity index (χ1n) is 5.64. The minimum absolute atomic E-state index is 0.139. The SMILES string of the molecule is O=C(Cc1ccc(F)c(F)c1)Nc1cc(F)ccc1Br. The molecule has 0 unspecified atom stereocenters. The highest BCUT2D eigenvalue weighted by atomic mass is 79.9. The number of nitrogens with one attached hydrogen (secondary N) is 1. The van der Waals surface area contributed by atoms with Gasteiger partial charge in [0, 0.05) is 4.47 Å². The lowest BCUT2D eigenvalue weighted by Crippen LogP contribution is -2.15. The van der Waals surface area contributed by atoms with E-state index in [1.54, 1.807) is 0 Å². The second kappa shape index (κ2) is 6.09. The summed E-state index contributed by atoms with van der Waals surface area (Å²) in [5, 5.41) is 2.49. The van der Waals surface area contributed by atoms with Gasteiger partial charge < -0.3 is 5.32 Å². The zero-order valence-corrected chi connectivity index (χ0v) is 11.7. The van der Waals surface area contributed by atoms with E-state index < -0.39 is 23.4 Å². The van der Waals surface area contributed by atoms with E-state index in [9.17, 15) is 18.0 Å². The molecule has 2 aromatic rings. The van der Waals surface area contributed by atoms with Gasteiger partial charge in [-0.25, -0.2) is 13.2 Å². The molecule has 1 N–H and O–H groups in total. The van der Waals surface area contributed by atoms with Gasteiger partial charge in [0.2, 0.25) is 5.91 Å². The van der Waals surface area contributed by atoms with Crippen LogP contribution >= 0.6 is 15.9 Å². The lowest BCUT2D eigenvalue weighted by molar-refractivity contribution is -0.115. The van der Waals surface area contributed by atoms with Crippen molar-refractivity contribution < 1.29 is 18.0 Å². The van der Waals surface area contributed by atoms with E-state index in [0.29, 0.717) is 10.0 Å². The van der Waals surface area contributed by atoms with E-state index in [2.05, 4.69) is 21.2 Å². The van der Waals surface area contributed by atoms with E-state index in [4.69, 9.17) is 0 Å². The molecular weight excluding hydrogens is 335 g/mol. The molecule has 0 heterocycles. The van der Waals surface area contributed by atoms with Crippen LogP contribution in [0.15, 0.2) is 40.9 Å². The van der Waals surface area contributed by atoms with Gasteiger partial charge in [0.1, 0.15) is 5.82 Å². The lowest BCUT2D eigenvalue weighted by Gasteiger charge is -2.08. The summed E-state index contributed by atoms with van der Waals surface area (Å²) in [5.74, 6) is -2.93. The van der Waals surface area contributed by atoms with Gasteiger partial charge in [-0.05, 0) is 51.8 Å². The summed E-state index contributed by atoms with van der Waals surface area (Å²) in [4.78, 5) is 11.8. The van der Waals surface area contributed by atoms with E-state index >= 15 is 0 Å². The third-order valence-electron chi connectivity index (χ3n) is 2.55. The molecule has 2 aromatic carbocycles. The van der Waals surface area contributed by atoms with Crippen molar-refractivity contribution in [1.82, 2.24) is 0 Å². The van der Waals surface area contributed by atoms with E-state index in [1.165, 1.54) is 18.2 Å². The van der Waals surface area contributed by atoms with Crippen molar-refractivity contribution in [3.05, 3.63) is 63.9 Å². The molecule has 0 spiro atoms. The molecule has 104 valence electrons. The van der Waals surface area contributed by atoms with Crippen molar-refractivity contribution in [2.75, 3.05) is 5.32 Å². The van der Waals surface area contributed by atoms with Crippen LogP contribution in [0.3, 0.4) is 0 Å². The number of anilines is 1. The maximum absolute atomic E-state index is 13.1. The average molecular weight is 344 g/mol. The summed E-state index contributed by atoms with van der Waals surface area (Å²) in [7, 11) is 0. The summed E-state index contributed by atoms with van der Waals surface area (Å²) < 4.78 is 39.4. The van der Waals surface area contributed by atoms with Crippen LogP contribution < -0.4 is 5.32 Å². The molecule has 0 saturated heterocycles. The van der Waals surface area contributed by atoms with Crippen molar-refractivity contribution in [3.8, 4) is 0 Å². The molecule has 0 radical (unpaired) electrons. The fraction of sp³-hybridized carbons (Fsp3) is 0.0714. The molecule has 0 aromatic heterocycles. The monoisotopic (exact) mass is 343 g/mol. The van der Waals surface area contributed by atoms with E-state index in [1.807, 2.05) is 0 Å². The quantitative estimate of drug-likeness (QED) is 0.894. The zero-order valence-electron chi connectivity index (χ0n) is 10.1. The molecule has 0 saturated carbocycles. The van der Waals surface area contributed by atoms with Gasteiger partial charge in [-0.3, -0.25) is 4.79 Å². The number of halogens is 4. The summed E-state index contributed by atoms with van der Waals surface area (Å²) >= 11 is 3.17. The highest BCUT2D eigenvalue weighted by Gasteiger charge is 2.09. The number of rotatable bonds is 3. The summed E-state index contributed by atoms with van der Waals surface area (Å²) in [5.41, 5.74) is 0.603. The molecule has 1 amide bonds. The van der Waals surface area contributed by atoms with Crippen LogP contribution in [0.25, 0.3) is 0 Å². The van der Waals surface area contributed by atoms with Crippen molar-refractivity contribution in [3.63, 3.8) is 0 Å². The van der Waals surface area contributed by atoms with Crippen LogP contribution in [0.1, 0.15) is 5.56 Å². The smallest absolute Gasteiger partial charge is 0.228 e. The predicted molar refractivity (Wildman–Crippen MR) is 72.8 cm³/mol. The molecule has 0 bridgehead atoms. The van der Waals surface area contributed by atoms with E-state index in [-0.39, 0.29) is 12.1 Å². The van der Waals surface area contributed by atoms with E-state index in [0.717, 1.165) is 18.2 Å². The Balaban J connectivity index is 2.09. The van der Waals surface area contributed by atoms with Gasteiger partial charge in [0.05, 0.1) is 12.1 Å². The Hall–Kier alpha value is -1.82. The van der Waals surface area contributed by atoms with Gasteiger partial charge in [0.15, 0.2) is 11.6 Å². The Labute approximate surface area is 121 Å². The van der Waals surface area contributed by atoms with Gasteiger partial charge in [-0.15, -0.1) is 0 Å². The molecule has 0 aliphatic carbocycles. The molecule has 0 atom stereocenters. The predicted octanol–water partition coefficient (Wildman–Crippen LogP) is 4.05. The number of carbonyl (C=O) groups excluding carboxylic acids is 1. The maximum atomic E-state index is 13.1. The van der Waals surface area contributed by atoms with Crippen LogP contribution in [0, 0.1) is 17.5 Å². The summed E-state index contributed by atoms with van der Waals surface area (Å²) in [6.45, 7) is 0. The first-order valence-corrected chi connectivity index (χ1v) is 6.44. The Kier molecular flexibility index (Phi) is 4.44. The third-order valence-corrected chi connectivity index (χ3v) is 3.24. The van der Waals surface area contributed by atoms with Crippen LogP contribution in [0.2, 0.25) is 0 Å². The average Bonchev–Trinajstić information content (AvgIpc) is 2.38. The summed E-state index contributed by atoms with van der Waals surface area (Å²) in [6, 6.07) is 7.09. The number of hydrogen-bond acceptors (Lipinski definition) is 1. The van der Waals surface area contributed by atoms with Crippen LogP contribution in [-0.4, -0.2) is 5.91 Å². The first kappa shape index (κ1) is 14.6. The maximum Gasteiger partial charge on any atom is 0.228 e. The van der Waals surface area contributed by atoms with Crippen LogP contribution in [-0.2, 0) is 11.2 Å². The minimum Gasteiger partial charge on any atom is -0.325 e. The molecular formula is C14H9BrF3NO. The Bertz CT molecular complexity index is 661. The van der Waals surface area contributed by atoms with Gasteiger partial charge in [-0.1, -0.05) is 6.07 Å². The largest absolute Gasteiger partial charge is 0.325 e. The topological polar surface area (TPSA) is 29.1 Å². The van der Waals surface area contributed by atoms with Crippen molar-refractivity contribution in [2.24, 2.45) is 0 Å². The standard InChI is InChI=1S/C14H9BrF3NO/c15-10-3-2-9(16)7-13(10)19-14(20)6-8-1-4-11(17)12(18)5-8/h1-5,7H,6H2,(H,19,20). The Morgan fingerprint density at radius 1 is 1.05 bits per heavy atom. The fourth-order valence-electron chi connectivity index (χ4n) is 1.62. The Morgan fingerprint density at radius 2 is 1.80 bits per heavy atom. The number of hydrogen-bond donors (Lipinski definition) is 1. The Morgan fingerprint density at radius 3 is 2.50 bits per heavy atom. The zero-order chi connectivity index (χ0) is 14.7. The van der Waals surface area contributed by atoms with Crippen LogP contribution in [0.5, 0.6) is 0 Å². The van der Waals surface area contributed by atoms with Gasteiger partial charge in [-0.2, -0.15) is 0 Å². The van der Waals surface area contributed by atoms with Crippen molar-refractivity contribution in [2.45, 2.75) is 6.42 Å². The second-order valence-electron chi connectivity index (χ2n) is 4.10. The first-order chi connectivity index (χ1) is 9.45. The number of amides is 1. The molecule has 0 aliphatic rings. The highest BCUT2D eigenvalue weighted by molar-refractivity contribution is 9.10. The number of carbonyl (C=O) groups is 1. The van der Waals surface area contributed by atoms with Gasteiger partial charge in [0.25, 0.3) is 0 Å². The van der Waals surface area contributed by atoms with Crippen molar-refractivity contribution >= 4 is 27.5 Å². The highest BCUT2D eigenvalue weighted by Crippen LogP contribution is 2.23. The molecule has 6 heteroatoms. The van der Waals surface area contributed by atoms with Crippen LogP contribution in [0.4, 0.5) is 18.9 Å². The number of benzene rings is 2.